The van der Waals surface area contributed by atoms with Crippen LogP contribution in [0.15, 0.2) is 18.6 Å². The van der Waals surface area contributed by atoms with Gasteiger partial charge in [-0.15, -0.1) is 0 Å². The van der Waals surface area contributed by atoms with Gasteiger partial charge in [-0.2, -0.15) is 0 Å². The molecule has 0 spiro atoms. The largest absolute Gasteiger partial charge is 0.348 e. The molecule has 0 aliphatic carbocycles. The number of hydrogen-bond acceptors (Lipinski definition) is 2. The summed E-state index contributed by atoms with van der Waals surface area (Å²) in [4.78, 5) is 9.86. The van der Waals surface area contributed by atoms with Gasteiger partial charge in [0.15, 0.2) is 0 Å². The number of rotatable bonds is 0. The van der Waals surface area contributed by atoms with E-state index in [1.165, 1.54) is 0 Å². The molecule has 0 bridgehead atoms. The third-order valence-corrected chi connectivity index (χ3v) is 1.69. The topological polar surface area (TPSA) is 44.5 Å². The standard InChI is InChI=1S/C6H5N3S/c10-6-4-1-2-7-5(4)8-3-9-6/h1-3H,(H2,7,8,9,10). The molecule has 2 aromatic heterocycles. The van der Waals surface area contributed by atoms with Crippen molar-refractivity contribution in [2.75, 3.05) is 0 Å². The second-order valence-corrected chi connectivity index (χ2v) is 2.36. The van der Waals surface area contributed by atoms with Crippen molar-refractivity contribution in [3.05, 3.63) is 23.2 Å². The van der Waals surface area contributed by atoms with Crippen LogP contribution in [0.1, 0.15) is 0 Å². The van der Waals surface area contributed by atoms with Crippen LogP contribution in [0.4, 0.5) is 0 Å². The van der Waals surface area contributed by atoms with Gasteiger partial charge in [-0.25, -0.2) is 4.98 Å². The molecular weight excluding hydrogens is 146 g/mol. The first-order chi connectivity index (χ1) is 4.88. The number of nitrogens with zero attached hydrogens (tertiary/aromatic N) is 1. The summed E-state index contributed by atoms with van der Waals surface area (Å²) >= 11 is 4.96. The number of fused-ring (bicyclic) bond motifs is 1. The Morgan fingerprint density at radius 2 is 2.30 bits per heavy atom. The number of hydrogen-bond donors (Lipinski definition) is 2. The van der Waals surface area contributed by atoms with Crippen LogP contribution in [0, 0.1) is 4.64 Å². The molecule has 50 valence electrons. The van der Waals surface area contributed by atoms with Gasteiger partial charge in [-0.1, -0.05) is 12.2 Å². The average molecular weight is 151 g/mol. The summed E-state index contributed by atoms with van der Waals surface area (Å²) in [5.41, 5.74) is 0.931. The van der Waals surface area contributed by atoms with Crippen molar-refractivity contribution >= 4 is 23.3 Å². The lowest BCUT2D eigenvalue weighted by Crippen LogP contribution is -1.78. The molecule has 0 saturated carbocycles. The zero-order chi connectivity index (χ0) is 6.97. The molecule has 0 aliphatic rings. The highest BCUT2D eigenvalue weighted by Gasteiger charge is 1.92. The fourth-order valence-electron chi connectivity index (χ4n) is 0.892. The Morgan fingerprint density at radius 3 is 3.10 bits per heavy atom. The maximum absolute atomic E-state index is 4.96. The summed E-state index contributed by atoms with van der Waals surface area (Å²) in [5, 5.41) is 0.970. The highest BCUT2D eigenvalue weighted by Crippen LogP contribution is 2.07. The van der Waals surface area contributed by atoms with Crippen molar-refractivity contribution < 1.29 is 0 Å². The van der Waals surface area contributed by atoms with Crippen LogP contribution in [-0.2, 0) is 0 Å². The molecule has 2 rings (SSSR count). The molecular formula is C6H5N3S. The van der Waals surface area contributed by atoms with E-state index in [0.717, 1.165) is 11.0 Å². The van der Waals surface area contributed by atoms with Gasteiger partial charge in [0.1, 0.15) is 10.3 Å². The van der Waals surface area contributed by atoms with Gasteiger partial charge in [0.2, 0.25) is 0 Å². The number of aromatic amines is 2. The van der Waals surface area contributed by atoms with Gasteiger partial charge >= 0.3 is 0 Å². The Morgan fingerprint density at radius 1 is 1.40 bits per heavy atom. The van der Waals surface area contributed by atoms with Crippen LogP contribution in [0.25, 0.3) is 11.0 Å². The van der Waals surface area contributed by atoms with Gasteiger partial charge in [0.25, 0.3) is 0 Å². The van der Waals surface area contributed by atoms with Crippen LogP contribution in [0.5, 0.6) is 0 Å². The SMILES string of the molecule is S=c1nc[nH]c2[nH]ccc12. The Balaban J connectivity index is 3.09. The Labute approximate surface area is 62.1 Å². The first kappa shape index (κ1) is 5.61. The second kappa shape index (κ2) is 1.91. The zero-order valence-electron chi connectivity index (χ0n) is 5.09. The molecule has 0 aromatic carbocycles. The van der Waals surface area contributed by atoms with Crippen LogP contribution in [0.2, 0.25) is 0 Å². The highest BCUT2D eigenvalue weighted by molar-refractivity contribution is 7.71. The normalized spacial score (nSPS) is 10.4. The van der Waals surface area contributed by atoms with Gasteiger partial charge < -0.3 is 9.97 Å². The Hall–Kier alpha value is -1.16. The highest BCUT2D eigenvalue weighted by atomic mass is 32.1. The van der Waals surface area contributed by atoms with Gasteiger partial charge in [0.05, 0.1) is 11.7 Å². The molecule has 0 amide bonds. The monoisotopic (exact) mass is 151 g/mol. The number of H-pyrrole nitrogens is 2. The first-order valence-electron chi connectivity index (χ1n) is 2.89. The van der Waals surface area contributed by atoms with Crippen LogP contribution >= 0.6 is 12.2 Å². The molecule has 0 radical (unpaired) electrons. The molecule has 0 atom stereocenters. The minimum atomic E-state index is 0.634. The quantitative estimate of drug-likeness (QED) is 0.562. The van der Waals surface area contributed by atoms with Gasteiger partial charge in [-0.3, -0.25) is 0 Å². The van der Waals surface area contributed by atoms with Crippen LogP contribution < -0.4 is 0 Å². The third-order valence-electron chi connectivity index (χ3n) is 1.37. The van der Waals surface area contributed by atoms with Crippen molar-refractivity contribution in [2.24, 2.45) is 0 Å². The summed E-state index contributed by atoms with van der Waals surface area (Å²) in [6, 6.07) is 1.90. The maximum Gasteiger partial charge on any atom is 0.138 e. The molecule has 0 saturated heterocycles. The van der Waals surface area contributed by atoms with Crippen molar-refractivity contribution in [3.63, 3.8) is 0 Å². The fraction of sp³-hybridized carbons (Fsp3) is 0. The van der Waals surface area contributed by atoms with Crippen molar-refractivity contribution in [1.82, 2.24) is 15.0 Å². The lowest BCUT2D eigenvalue weighted by atomic mass is 10.4. The van der Waals surface area contributed by atoms with Crippen molar-refractivity contribution in [1.29, 1.82) is 0 Å². The van der Waals surface area contributed by atoms with E-state index in [4.69, 9.17) is 12.2 Å². The first-order valence-corrected chi connectivity index (χ1v) is 3.29. The molecule has 2 aromatic rings. The van der Waals surface area contributed by atoms with Gasteiger partial charge in [-0.05, 0) is 6.07 Å². The lowest BCUT2D eigenvalue weighted by Gasteiger charge is -1.86. The number of aromatic nitrogens is 3. The van der Waals surface area contributed by atoms with Crippen molar-refractivity contribution in [2.45, 2.75) is 0 Å². The van der Waals surface area contributed by atoms with Crippen LogP contribution in [-0.4, -0.2) is 15.0 Å². The minimum Gasteiger partial charge on any atom is -0.348 e. The van der Waals surface area contributed by atoms with E-state index in [1.54, 1.807) is 6.33 Å². The minimum absolute atomic E-state index is 0.634. The molecule has 10 heavy (non-hydrogen) atoms. The third kappa shape index (κ3) is 0.657. The summed E-state index contributed by atoms with van der Waals surface area (Å²) in [6.45, 7) is 0. The smallest absolute Gasteiger partial charge is 0.138 e. The molecule has 0 fully saturated rings. The average Bonchev–Trinajstić information content (AvgIpc) is 2.36. The predicted octanol–water partition coefficient (Wildman–Crippen LogP) is 1.62. The van der Waals surface area contributed by atoms with E-state index >= 15 is 0 Å². The van der Waals surface area contributed by atoms with Crippen molar-refractivity contribution in [3.8, 4) is 0 Å². The summed E-state index contributed by atoms with van der Waals surface area (Å²) in [6.07, 6.45) is 3.42. The Bertz CT molecular complexity index is 400. The predicted molar refractivity (Wildman–Crippen MR) is 41.3 cm³/mol. The molecule has 0 aliphatic heterocycles. The lowest BCUT2D eigenvalue weighted by molar-refractivity contribution is 1.19. The van der Waals surface area contributed by atoms with Crippen LogP contribution in [0.3, 0.4) is 0 Å². The fourth-order valence-corrected chi connectivity index (χ4v) is 1.11. The summed E-state index contributed by atoms with van der Waals surface area (Å²) in [5.74, 6) is 0. The second-order valence-electron chi connectivity index (χ2n) is 1.97. The van der Waals surface area contributed by atoms with E-state index in [0.29, 0.717) is 4.64 Å². The van der Waals surface area contributed by atoms with E-state index in [2.05, 4.69) is 15.0 Å². The van der Waals surface area contributed by atoms with E-state index in [9.17, 15) is 0 Å². The molecule has 3 nitrogen and oxygen atoms in total. The summed E-state index contributed by atoms with van der Waals surface area (Å²) < 4.78 is 0.634. The van der Waals surface area contributed by atoms with E-state index in [-0.39, 0.29) is 0 Å². The maximum atomic E-state index is 4.96. The Kier molecular flexibility index (Phi) is 1.07. The van der Waals surface area contributed by atoms with Gasteiger partial charge in [0, 0.05) is 6.20 Å². The molecule has 2 heterocycles. The summed E-state index contributed by atoms with van der Waals surface area (Å²) in [7, 11) is 0. The van der Waals surface area contributed by atoms with E-state index in [1.807, 2.05) is 12.3 Å². The number of nitrogens with one attached hydrogen (secondary N) is 2. The molecule has 2 N–H and O–H groups in total. The molecule has 4 heteroatoms. The van der Waals surface area contributed by atoms with E-state index < -0.39 is 0 Å². The molecule has 0 unspecified atom stereocenters. The zero-order valence-corrected chi connectivity index (χ0v) is 5.90.